The molecule has 1 aliphatic carbocycles. The van der Waals surface area contributed by atoms with Crippen LogP contribution in [0.3, 0.4) is 0 Å². The lowest BCUT2D eigenvalue weighted by Gasteiger charge is -2.41. The first-order chi connectivity index (χ1) is 19.4. The van der Waals surface area contributed by atoms with Gasteiger partial charge in [-0.3, -0.25) is 9.59 Å². The van der Waals surface area contributed by atoms with Crippen molar-refractivity contribution in [1.82, 2.24) is 10.2 Å². The Labute approximate surface area is 232 Å². The second-order valence-corrected chi connectivity index (χ2v) is 10.7. The zero-order chi connectivity index (χ0) is 27.7. The Hall–Kier alpha value is -4.32. The maximum Gasteiger partial charge on any atom is 0.253 e. The van der Waals surface area contributed by atoms with Gasteiger partial charge in [-0.05, 0) is 89.9 Å². The number of carbonyl (C=O) groups is 2. The smallest absolute Gasteiger partial charge is 0.253 e. The molecule has 40 heavy (non-hydrogen) atoms. The summed E-state index contributed by atoms with van der Waals surface area (Å²) in [6.07, 6.45) is 2.66. The fraction of sp³-hybridized carbons (Fsp3) is 0.235. The molecule has 0 aromatic heterocycles. The van der Waals surface area contributed by atoms with Crippen LogP contribution >= 0.6 is 0 Å². The van der Waals surface area contributed by atoms with E-state index < -0.39 is 5.41 Å². The van der Waals surface area contributed by atoms with Crippen LogP contribution in [0.4, 0.5) is 8.78 Å². The molecule has 1 unspecified atom stereocenters. The van der Waals surface area contributed by atoms with Gasteiger partial charge in [-0.25, -0.2) is 8.78 Å². The van der Waals surface area contributed by atoms with E-state index in [1.807, 2.05) is 24.3 Å². The third-order valence-electron chi connectivity index (χ3n) is 8.48. The van der Waals surface area contributed by atoms with Crippen molar-refractivity contribution in [1.29, 1.82) is 0 Å². The zero-order valence-corrected chi connectivity index (χ0v) is 22.1. The van der Waals surface area contributed by atoms with Gasteiger partial charge in [0, 0.05) is 18.7 Å². The number of fused-ring (bicyclic) bond motifs is 1. The summed E-state index contributed by atoms with van der Waals surface area (Å²) in [5, 5.41) is 3.30. The molecule has 4 nitrogen and oxygen atoms in total. The summed E-state index contributed by atoms with van der Waals surface area (Å²) in [5.41, 5.74) is 4.67. The number of aryl methyl sites for hydroxylation is 1. The number of rotatable bonds is 5. The number of carbonyl (C=O) groups excluding carboxylic acids is 2. The summed E-state index contributed by atoms with van der Waals surface area (Å²) in [4.78, 5) is 29.2. The SMILES string of the molecule is O=C(c1ccc(-c2ccc(F)cc2)cc1)N1CCC(C(=O)NC2CCc3ccccc32)(c2ccc(F)cc2)CC1. The van der Waals surface area contributed by atoms with Crippen molar-refractivity contribution in [2.75, 3.05) is 13.1 Å². The Morgan fingerprint density at radius 3 is 1.98 bits per heavy atom. The van der Waals surface area contributed by atoms with Crippen molar-refractivity contribution in [2.45, 2.75) is 37.1 Å². The van der Waals surface area contributed by atoms with Gasteiger partial charge < -0.3 is 10.2 Å². The van der Waals surface area contributed by atoms with Crippen molar-refractivity contribution < 1.29 is 18.4 Å². The lowest BCUT2D eigenvalue weighted by Crippen LogP contribution is -2.53. The van der Waals surface area contributed by atoms with Gasteiger partial charge in [0.25, 0.3) is 5.91 Å². The van der Waals surface area contributed by atoms with Crippen molar-refractivity contribution in [3.63, 3.8) is 0 Å². The van der Waals surface area contributed by atoms with Crippen LogP contribution in [-0.4, -0.2) is 29.8 Å². The van der Waals surface area contributed by atoms with Crippen molar-refractivity contribution in [3.05, 3.63) is 131 Å². The van der Waals surface area contributed by atoms with Gasteiger partial charge in [0.2, 0.25) is 5.91 Å². The number of nitrogens with one attached hydrogen (secondary N) is 1. The molecule has 1 aliphatic heterocycles. The first-order valence-corrected chi connectivity index (χ1v) is 13.7. The summed E-state index contributed by atoms with van der Waals surface area (Å²) in [6, 6.07) is 27.9. The summed E-state index contributed by atoms with van der Waals surface area (Å²) < 4.78 is 27.1. The Morgan fingerprint density at radius 2 is 1.32 bits per heavy atom. The number of hydrogen-bond acceptors (Lipinski definition) is 2. The predicted octanol–water partition coefficient (Wildman–Crippen LogP) is 6.61. The minimum Gasteiger partial charge on any atom is -0.349 e. The number of benzene rings is 4. The van der Waals surface area contributed by atoms with Crippen LogP contribution in [-0.2, 0) is 16.6 Å². The molecule has 202 valence electrons. The summed E-state index contributed by atoms with van der Waals surface area (Å²) in [7, 11) is 0. The first-order valence-electron chi connectivity index (χ1n) is 13.7. The van der Waals surface area contributed by atoms with Gasteiger partial charge >= 0.3 is 0 Å². The van der Waals surface area contributed by atoms with Gasteiger partial charge in [0.15, 0.2) is 0 Å². The van der Waals surface area contributed by atoms with E-state index >= 15 is 0 Å². The number of amides is 2. The van der Waals surface area contributed by atoms with Crippen LogP contribution in [0.25, 0.3) is 11.1 Å². The minimum atomic E-state index is -0.853. The average molecular weight is 537 g/mol. The minimum absolute atomic E-state index is 0.0553. The molecule has 1 heterocycles. The molecule has 0 saturated carbocycles. The van der Waals surface area contributed by atoms with Crippen LogP contribution in [0.5, 0.6) is 0 Å². The highest BCUT2D eigenvalue weighted by molar-refractivity contribution is 5.95. The Balaban J connectivity index is 1.19. The number of hydrogen-bond donors (Lipinski definition) is 1. The molecular weight excluding hydrogens is 506 g/mol. The fourth-order valence-electron chi connectivity index (χ4n) is 6.14. The maximum atomic E-state index is 14.0. The van der Waals surface area contributed by atoms with Crippen molar-refractivity contribution in [2.24, 2.45) is 0 Å². The maximum absolute atomic E-state index is 14.0. The summed E-state index contributed by atoms with van der Waals surface area (Å²) in [5.74, 6) is -0.806. The highest BCUT2D eigenvalue weighted by Crippen LogP contribution is 2.39. The van der Waals surface area contributed by atoms with Crippen LogP contribution in [0.15, 0.2) is 97.1 Å². The van der Waals surface area contributed by atoms with Crippen LogP contribution in [0.2, 0.25) is 0 Å². The number of likely N-dealkylation sites (tertiary alicyclic amines) is 1. The number of nitrogens with zero attached hydrogens (tertiary/aromatic N) is 1. The second kappa shape index (κ2) is 10.7. The average Bonchev–Trinajstić information content (AvgIpc) is 3.40. The molecule has 6 heteroatoms. The molecule has 1 fully saturated rings. The van der Waals surface area contributed by atoms with Crippen molar-refractivity contribution >= 4 is 11.8 Å². The van der Waals surface area contributed by atoms with Crippen LogP contribution < -0.4 is 5.32 Å². The van der Waals surface area contributed by atoms with Gasteiger partial charge in [0.05, 0.1) is 11.5 Å². The predicted molar refractivity (Wildman–Crippen MR) is 151 cm³/mol. The van der Waals surface area contributed by atoms with E-state index in [2.05, 4.69) is 17.4 Å². The lowest BCUT2D eigenvalue weighted by atomic mass is 9.71. The molecule has 1 atom stereocenters. The van der Waals surface area contributed by atoms with Gasteiger partial charge in [-0.2, -0.15) is 0 Å². The Morgan fingerprint density at radius 1 is 0.750 bits per heavy atom. The first kappa shape index (κ1) is 25.9. The highest BCUT2D eigenvalue weighted by atomic mass is 19.1. The van der Waals surface area contributed by atoms with E-state index in [4.69, 9.17) is 0 Å². The molecule has 2 aliphatic rings. The van der Waals surface area contributed by atoms with Gasteiger partial charge in [-0.15, -0.1) is 0 Å². The molecule has 2 amide bonds. The number of halogens is 2. The van der Waals surface area contributed by atoms with Crippen LogP contribution in [0, 0.1) is 11.6 Å². The van der Waals surface area contributed by atoms with E-state index in [9.17, 15) is 18.4 Å². The summed E-state index contributed by atoms with van der Waals surface area (Å²) in [6.45, 7) is 0.815. The Kier molecular flexibility index (Phi) is 6.93. The third-order valence-corrected chi connectivity index (χ3v) is 8.48. The molecule has 0 spiro atoms. The zero-order valence-electron chi connectivity index (χ0n) is 22.1. The van der Waals surface area contributed by atoms with E-state index in [0.29, 0.717) is 31.5 Å². The van der Waals surface area contributed by atoms with Crippen LogP contribution in [0.1, 0.15) is 52.4 Å². The molecule has 4 aromatic carbocycles. The van der Waals surface area contributed by atoms with E-state index in [0.717, 1.165) is 35.1 Å². The molecule has 1 N–H and O–H groups in total. The molecule has 0 bridgehead atoms. The molecule has 4 aromatic rings. The Bertz CT molecular complexity index is 1520. The third kappa shape index (κ3) is 4.90. The molecule has 6 rings (SSSR count). The second-order valence-electron chi connectivity index (χ2n) is 10.7. The standard InChI is InChI=1S/C34H30F2N2O2/c35-28-14-9-24(10-15-28)23-5-7-26(8-6-23)32(39)38-21-19-34(20-22-38,27-12-16-29(36)17-13-27)33(40)37-31-18-11-25-3-1-2-4-30(25)31/h1-10,12-17,31H,11,18-22H2,(H,37,40). The quantitative estimate of drug-likeness (QED) is 0.312. The lowest BCUT2D eigenvalue weighted by molar-refractivity contribution is -0.129. The van der Waals surface area contributed by atoms with Gasteiger partial charge in [-0.1, -0.05) is 60.7 Å². The summed E-state index contributed by atoms with van der Waals surface area (Å²) >= 11 is 0. The monoisotopic (exact) mass is 536 g/mol. The van der Waals surface area contributed by atoms with Gasteiger partial charge in [0.1, 0.15) is 11.6 Å². The molecule has 0 radical (unpaired) electrons. The highest BCUT2D eigenvalue weighted by Gasteiger charge is 2.45. The van der Waals surface area contributed by atoms with E-state index in [1.54, 1.807) is 41.3 Å². The fourth-order valence-corrected chi connectivity index (χ4v) is 6.14. The normalized spacial score (nSPS) is 17.8. The molecular formula is C34H30F2N2O2. The van der Waals surface area contributed by atoms with Crippen molar-refractivity contribution in [3.8, 4) is 11.1 Å². The largest absolute Gasteiger partial charge is 0.349 e. The number of piperidine rings is 1. The topological polar surface area (TPSA) is 49.4 Å². The molecule has 1 saturated heterocycles. The van der Waals surface area contributed by atoms with E-state index in [-0.39, 0.29) is 29.5 Å². The van der Waals surface area contributed by atoms with E-state index in [1.165, 1.54) is 29.8 Å².